The van der Waals surface area contributed by atoms with E-state index in [0.29, 0.717) is 23.1 Å². The number of hydrogen-bond donors (Lipinski definition) is 2. The molecule has 1 aromatic heterocycles. The fourth-order valence-electron chi connectivity index (χ4n) is 3.15. The SMILES string of the molecule is COc1ccc(NC(=O)c2cc3c([nH]c2=O)CCC(C)C3)c(OC)c1. The first-order valence-corrected chi connectivity index (χ1v) is 8.30. The largest absolute Gasteiger partial charge is 0.497 e. The van der Waals surface area contributed by atoms with Crippen LogP contribution in [0.5, 0.6) is 11.5 Å². The standard InChI is InChI=1S/C19H22N2O4/c1-11-4-6-15-12(8-11)9-14(18(22)20-15)19(23)21-16-7-5-13(24-2)10-17(16)25-3/h5,7,9-11H,4,6,8H2,1-3H3,(H,20,22)(H,21,23). The number of hydrogen-bond acceptors (Lipinski definition) is 4. The molecule has 0 radical (unpaired) electrons. The van der Waals surface area contributed by atoms with Crippen molar-refractivity contribution >= 4 is 11.6 Å². The Morgan fingerprint density at radius 3 is 2.76 bits per heavy atom. The van der Waals surface area contributed by atoms with Crippen LogP contribution in [0.25, 0.3) is 0 Å². The molecule has 132 valence electrons. The lowest BCUT2D eigenvalue weighted by Crippen LogP contribution is -2.27. The van der Waals surface area contributed by atoms with Gasteiger partial charge in [-0.1, -0.05) is 6.92 Å². The van der Waals surface area contributed by atoms with Crippen LogP contribution in [0.4, 0.5) is 5.69 Å². The predicted octanol–water partition coefficient (Wildman–Crippen LogP) is 2.77. The molecule has 1 atom stereocenters. The zero-order valence-corrected chi connectivity index (χ0v) is 14.6. The highest BCUT2D eigenvalue weighted by Crippen LogP contribution is 2.29. The molecule has 0 bridgehead atoms. The maximum Gasteiger partial charge on any atom is 0.261 e. The third-order valence-corrected chi connectivity index (χ3v) is 4.57. The number of aromatic amines is 1. The van der Waals surface area contributed by atoms with Crippen molar-refractivity contribution < 1.29 is 14.3 Å². The number of ether oxygens (including phenoxy) is 2. The number of carbonyl (C=O) groups is 1. The number of aromatic nitrogens is 1. The first-order valence-electron chi connectivity index (χ1n) is 8.30. The van der Waals surface area contributed by atoms with Crippen LogP contribution in [0.3, 0.4) is 0 Å². The number of pyridine rings is 1. The van der Waals surface area contributed by atoms with Crippen LogP contribution in [0.15, 0.2) is 29.1 Å². The maximum absolute atomic E-state index is 12.6. The minimum atomic E-state index is -0.453. The molecule has 1 aromatic carbocycles. The van der Waals surface area contributed by atoms with Gasteiger partial charge in [-0.15, -0.1) is 0 Å². The van der Waals surface area contributed by atoms with Gasteiger partial charge < -0.3 is 19.8 Å². The van der Waals surface area contributed by atoms with Gasteiger partial charge in [0, 0.05) is 11.8 Å². The lowest BCUT2D eigenvalue weighted by atomic mass is 9.87. The zero-order chi connectivity index (χ0) is 18.0. The van der Waals surface area contributed by atoms with E-state index >= 15 is 0 Å². The lowest BCUT2D eigenvalue weighted by Gasteiger charge is -2.21. The van der Waals surface area contributed by atoms with E-state index in [2.05, 4.69) is 17.2 Å². The molecule has 0 saturated carbocycles. The van der Waals surface area contributed by atoms with Gasteiger partial charge in [0.05, 0.1) is 19.9 Å². The van der Waals surface area contributed by atoms with Crippen LogP contribution in [0.2, 0.25) is 0 Å². The van der Waals surface area contributed by atoms with E-state index in [4.69, 9.17) is 9.47 Å². The minimum Gasteiger partial charge on any atom is -0.497 e. The summed E-state index contributed by atoms with van der Waals surface area (Å²) in [5.41, 5.74) is 2.23. The maximum atomic E-state index is 12.6. The van der Waals surface area contributed by atoms with Crippen LogP contribution in [0.1, 0.15) is 35.0 Å². The van der Waals surface area contributed by atoms with E-state index in [9.17, 15) is 9.59 Å². The molecular weight excluding hydrogens is 320 g/mol. The summed E-state index contributed by atoms with van der Waals surface area (Å²) in [4.78, 5) is 27.8. The monoisotopic (exact) mass is 342 g/mol. The van der Waals surface area contributed by atoms with E-state index in [0.717, 1.165) is 30.5 Å². The van der Waals surface area contributed by atoms with E-state index in [-0.39, 0.29) is 11.1 Å². The van der Waals surface area contributed by atoms with Crippen LogP contribution < -0.4 is 20.3 Å². The molecule has 6 heteroatoms. The van der Waals surface area contributed by atoms with Crippen molar-refractivity contribution in [2.24, 2.45) is 5.92 Å². The third kappa shape index (κ3) is 3.52. The van der Waals surface area contributed by atoms with Gasteiger partial charge in [-0.05, 0) is 48.9 Å². The summed E-state index contributed by atoms with van der Waals surface area (Å²) in [6, 6.07) is 6.80. The molecule has 1 aliphatic carbocycles. The first-order chi connectivity index (χ1) is 12.0. The Balaban J connectivity index is 1.89. The second kappa shape index (κ2) is 7.01. The van der Waals surface area contributed by atoms with Gasteiger partial charge in [0.1, 0.15) is 17.1 Å². The molecule has 0 spiro atoms. The summed E-state index contributed by atoms with van der Waals surface area (Å²) in [6.07, 6.45) is 2.77. The van der Waals surface area contributed by atoms with Crippen molar-refractivity contribution in [1.82, 2.24) is 4.98 Å². The van der Waals surface area contributed by atoms with E-state index < -0.39 is 5.91 Å². The van der Waals surface area contributed by atoms with Gasteiger partial charge in [0.15, 0.2) is 0 Å². The van der Waals surface area contributed by atoms with Crippen LogP contribution >= 0.6 is 0 Å². The fraction of sp³-hybridized carbons (Fsp3) is 0.368. The van der Waals surface area contributed by atoms with E-state index in [1.165, 1.54) is 7.11 Å². The van der Waals surface area contributed by atoms with Gasteiger partial charge in [-0.25, -0.2) is 0 Å². The highest BCUT2D eigenvalue weighted by atomic mass is 16.5. The second-order valence-corrected chi connectivity index (χ2v) is 6.38. The molecule has 0 aliphatic heterocycles. The normalized spacial score (nSPS) is 16.0. The molecule has 0 fully saturated rings. The molecule has 0 saturated heterocycles. The molecule has 2 aromatic rings. The molecule has 25 heavy (non-hydrogen) atoms. The number of nitrogens with one attached hydrogen (secondary N) is 2. The average molecular weight is 342 g/mol. The van der Waals surface area contributed by atoms with Crippen molar-refractivity contribution in [3.8, 4) is 11.5 Å². The Bertz CT molecular complexity index is 857. The summed E-state index contributed by atoms with van der Waals surface area (Å²) in [5, 5.41) is 2.75. The Kier molecular flexibility index (Phi) is 4.79. The Hall–Kier alpha value is -2.76. The number of benzene rings is 1. The van der Waals surface area contributed by atoms with Crippen LogP contribution in [0, 0.1) is 5.92 Å². The van der Waals surface area contributed by atoms with Gasteiger partial charge in [-0.2, -0.15) is 0 Å². The number of carbonyl (C=O) groups excluding carboxylic acids is 1. The van der Waals surface area contributed by atoms with Gasteiger partial charge in [0.25, 0.3) is 11.5 Å². The lowest BCUT2D eigenvalue weighted by molar-refractivity contribution is 0.102. The molecule has 6 nitrogen and oxygen atoms in total. The number of aryl methyl sites for hydroxylation is 1. The quantitative estimate of drug-likeness (QED) is 0.895. The number of methoxy groups -OCH3 is 2. The highest BCUT2D eigenvalue weighted by molar-refractivity contribution is 6.05. The second-order valence-electron chi connectivity index (χ2n) is 6.38. The number of fused-ring (bicyclic) bond motifs is 1. The van der Waals surface area contributed by atoms with Crippen molar-refractivity contribution in [2.45, 2.75) is 26.2 Å². The van der Waals surface area contributed by atoms with Gasteiger partial charge in [-0.3, -0.25) is 9.59 Å². The molecule has 2 N–H and O–H groups in total. The van der Waals surface area contributed by atoms with Crippen molar-refractivity contribution in [3.05, 3.63) is 51.4 Å². The van der Waals surface area contributed by atoms with Crippen LogP contribution in [-0.4, -0.2) is 25.1 Å². The predicted molar refractivity (Wildman–Crippen MR) is 95.8 cm³/mol. The van der Waals surface area contributed by atoms with Crippen molar-refractivity contribution in [2.75, 3.05) is 19.5 Å². The van der Waals surface area contributed by atoms with Crippen molar-refractivity contribution in [1.29, 1.82) is 0 Å². The van der Waals surface area contributed by atoms with Gasteiger partial charge in [0.2, 0.25) is 0 Å². The number of H-pyrrole nitrogens is 1. The fourth-order valence-corrected chi connectivity index (χ4v) is 3.15. The molecule has 1 heterocycles. The number of rotatable bonds is 4. The molecular formula is C19H22N2O4. The Morgan fingerprint density at radius 2 is 2.04 bits per heavy atom. The van der Waals surface area contributed by atoms with E-state index in [1.54, 1.807) is 31.4 Å². The number of amides is 1. The zero-order valence-electron chi connectivity index (χ0n) is 14.6. The molecule has 3 rings (SSSR count). The summed E-state index contributed by atoms with van der Waals surface area (Å²) in [5.74, 6) is 1.19. The number of anilines is 1. The molecule has 1 amide bonds. The van der Waals surface area contributed by atoms with Crippen LogP contribution in [-0.2, 0) is 12.8 Å². The Labute approximate surface area is 146 Å². The highest BCUT2D eigenvalue weighted by Gasteiger charge is 2.20. The minimum absolute atomic E-state index is 0.116. The summed E-state index contributed by atoms with van der Waals surface area (Å²) in [6.45, 7) is 2.18. The summed E-state index contributed by atoms with van der Waals surface area (Å²) >= 11 is 0. The summed E-state index contributed by atoms with van der Waals surface area (Å²) in [7, 11) is 3.07. The summed E-state index contributed by atoms with van der Waals surface area (Å²) < 4.78 is 10.4. The van der Waals surface area contributed by atoms with Crippen molar-refractivity contribution in [3.63, 3.8) is 0 Å². The third-order valence-electron chi connectivity index (χ3n) is 4.57. The van der Waals surface area contributed by atoms with Gasteiger partial charge >= 0.3 is 0 Å². The first kappa shape index (κ1) is 17.1. The smallest absolute Gasteiger partial charge is 0.261 e. The molecule has 1 aliphatic rings. The molecule has 1 unspecified atom stereocenters. The topological polar surface area (TPSA) is 80.4 Å². The van der Waals surface area contributed by atoms with E-state index in [1.807, 2.05) is 0 Å². The average Bonchev–Trinajstić information content (AvgIpc) is 2.61. The Morgan fingerprint density at radius 1 is 1.24 bits per heavy atom.